The molecule has 0 radical (unpaired) electrons. The maximum atomic E-state index is 4.65. The SMILES string of the molecule is CC1CCC(Nc2nccc(-n3cnc4ccccc43)n2)C1. The van der Waals surface area contributed by atoms with Gasteiger partial charge in [0, 0.05) is 12.2 Å². The summed E-state index contributed by atoms with van der Waals surface area (Å²) in [6.45, 7) is 2.30. The van der Waals surface area contributed by atoms with Crippen LogP contribution in [0.1, 0.15) is 26.2 Å². The highest BCUT2D eigenvalue weighted by Gasteiger charge is 2.21. The summed E-state index contributed by atoms with van der Waals surface area (Å²) in [5.74, 6) is 2.34. The lowest BCUT2D eigenvalue weighted by atomic mass is 10.1. The summed E-state index contributed by atoms with van der Waals surface area (Å²) in [7, 11) is 0. The van der Waals surface area contributed by atoms with E-state index in [0.717, 1.165) is 22.8 Å². The first-order valence-corrected chi connectivity index (χ1v) is 7.81. The van der Waals surface area contributed by atoms with Crippen LogP contribution in [0.4, 0.5) is 5.95 Å². The fourth-order valence-electron chi connectivity index (χ4n) is 3.22. The Labute approximate surface area is 129 Å². The van der Waals surface area contributed by atoms with E-state index in [1.807, 2.05) is 35.2 Å². The van der Waals surface area contributed by atoms with Crippen molar-refractivity contribution in [3.8, 4) is 5.82 Å². The molecular weight excluding hydrogens is 274 g/mol. The third kappa shape index (κ3) is 2.43. The van der Waals surface area contributed by atoms with E-state index in [-0.39, 0.29) is 0 Å². The molecular formula is C17H19N5. The lowest BCUT2D eigenvalue weighted by molar-refractivity contribution is 0.601. The molecule has 1 fully saturated rings. The predicted molar refractivity (Wildman–Crippen MR) is 87.1 cm³/mol. The zero-order valence-corrected chi connectivity index (χ0v) is 12.6. The Hall–Kier alpha value is -2.43. The molecule has 5 nitrogen and oxygen atoms in total. The van der Waals surface area contributed by atoms with Crippen molar-refractivity contribution in [2.24, 2.45) is 5.92 Å². The predicted octanol–water partition coefficient (Wildman–Crippen LogP) is 3.42. The number of hydrogen-bond acceptors (Lipinski definition) is 4. The van der Waals surface area contributed by atoms with Crippen LogP contribution in [-0.2, 0) is 0 Å². The Kier molecular flexibility index (Phi) is 3.25. The molecule has 0 aliphatic heterocycles. The van der Waals surface area contributed by atoms with Crippen LogP contribution in [-0.4, -0.2) is 25.6 Å². The summed E-state index contributed by atoms with van der Waals surface area (Å²) in [4.78, 5) is 13.4. The summed E-state index contributed by atoms with van der Waals surface area (Å²) in [5.41, 5.74) is 2.03. The Morgan fingerprint density at radius 1 is 1.14 bits per heavy atom. The second kappa shape index (κ2) is 5.40. The molecule has 0 amide bonds. The summed E-state index contributed by atoms with van der Waals surface area (Å²) >= 11 is 0. The van der Waals surface area contributed by atoms with Gasteiger partial charge in [0.25, 0.3) is 0 Å². The average molecular weight is 293 g/mol. The van der Waals surface area contributed by atoms with E-state index in [0.29, 0.717) is 12.0 Å². The van der Waals surface area contributed by atoms with E-state index < -0.39 is 0 Å². The van der Waals surface area contributed by atoms with E-state index in [1.165, 1.54) is 19.3 Å². The van der Waals surface area contributed by atoms with Gasteiger partial charge in [0.2, 0.25) is 5.95 Å². The van der Waals surface area contributed by atoms with Gasteiger partial charge in [-0.05, 0) is 43.4 Å². The molecule has 1 aromatic carbocycles. The molecule has 2 aromatic heterocycles. The molecule has 2 heterocycles. The van der Waals surface area contributed by atoms with E-state index in [9.17, 15) is 0 Å². The van der Waals surface area contributed by atoms with Crippen molar-refractivity contribution in [1.82, 2.24) is 19.5 Å². The number of fused-ring (bicyclic) bond motifs is 1. The fourth-order valence-corrected chi connectivity index (χ4v) is 3.22. The highest BCUT2D eigenvalue weighted by Crippen LogP contribution is 2.26. The molecule has 1 aliphatic rings. The van der Waals surface area contributed by atoms with Crippen LogP contribution in [0.3, 0.4) is 0 Å². The second-order valence-electron chi connectivity index (χ2n) is 6.10. The van der Waals surface area contributed by atoms with Crippen LogP contribution in [0.5, 0.6) is 0 Å². The maximum Gasteiger partial charge on any atom is 0.224 e. The number of nitrogens with zero attached hydrogens (tertiary/aromatic N) is 4. The number of para-hydroxylation sites is 2. The second-order valence-corrected chi connectivity index (χ2v) is 6.10. The van der Waals surface area contributed by atoms with Gasteiger partial charge in [0.15, 0.2) is 0 Å². The van der Waals surface area contributed by atoms with E-state index in [4.69, 9.17) is 0 Å². The first kappa shape index (κ1) is 13.2. The molecule has 22 heavy (non-hydrogen) atoms. The van der Waals surface area contributed by atoms with Crippen LogP contribution in [0.25, 0.3) is 16.9 Å². The number of imidazole rings is 1. The Balaban J connectivity index is 1.64. The highest BCUT2D eigenvalue weighted by molar-refractivity contribution is 5.76. The lowest BCUT2D eigenvalue weighted by Gasteiger charge is -2.13. The average Bonchev–Trinajstić information content (AvgIpc) is 3.14. The zero-order valence-electron chi connectivity index (χ0n) is 12.6. The van der Waals surface area contributed by atoms with Gasteiger partial charge in [-0.25, -0.2) is 9.97 Å². The van der Waals surface area contributed by atoms with E-state index in [1.54, 1.807) is 6.20 Å². The summed E-state index contributed by atoms with van der Waals surface area (Å²) in [5, 5.41) is 3.47. The number of nitrogens with one attached hydrogen (secondary N) is 1. The minimum Gasteiger partial charge on any atom is -0.351 e. The molecule has 0 spiro atoms. The molecule has 2 unspecified atom stereocenters. The minimum absolute atomic E-state index is 0.491. The molecule has 1 saturated carbocycles. The fraction of sp³-hybridized carbons (Fsp3) is 0.353. The van der Waals surface area contributed by atoms with Gasteiger partial charge in [0.05, 0.1) is 11.0 Å². The van der Waals surface area contributed by atoms with Crippen LogP contribution in [0.15, 0.2) is 42.9 Å². The molecule has 4 rings (SSSR count). The summed E-state index contributed by atoms with van der Waals surface area (Å²) < 4.78 is 2.00. The Morgan fingerprint density at radius 2 is 2.05 bits per heavy atom. The number of anilines is 1. The van der Waals surface area contributed by atoms with Crippen molar-refractivity contribution in [2.75, 3.05) is 5.32 Å². The molecule has 112 valence electrons. The zero-order chi connectivity index (χ0) is 14.9. The minimum atomic E-state index is 0.491. The topological polar surface area (TPSA) is 55.6 Å². The Bertz CT molecular complexity index is 794. The van der Waals surface area contributed by atoms with Crippen LogP contribution < -0.4 is 5.32 Å². The van der Waals surface area contributed by atoms with Crippen molar-refractivity contribution < 1.29 is 0 Å². The highest BCUT2D eigenvalue weighted by atomic mass is 15.2. The quantitative estimate of drug-likeness (QED) is 0.804. The molecule has 0 bridgehead atoms. The third-order valence-electron chi connectivity index (χ3n) is 4.37. The van der Waals surface area contributed by atoms with Gasteiger partial charge in [-0.1, -0.05) is 19.1 Å². The first-order chi connectivity index (χ1) is 10.8. The molecule has 0 saturated heterocycles. The van der Waals surface area contributed by atoms with Crippen LogP contribution in [0.2, 0.25) is 0 Å². The first-order valence-electron chi connectivity index (χ1n) is 7.81. The van der Waals surface area contributed by atoms with Crippen molar-refractivity contribution in [3.05, 3.63) is 42.9 Å². The van der Waals surface area contributed by atoms with Gasteiger partial charge in [-0.2, -0.15) is 4.98 Å². The van der Waals surface area contributed by atoms with Gasteiger partial charge in [0.1, 0.15) is 12.1 Å². The number of rotatable bonds is 3. The van der Waals surface area contributed by atoms with E-state index >= 15 is 0 Å². The molecule has 3 aromatic rings. The number of benzene rings is 1. The standard InChI is InChI=1S/C17H19N5/c1-12-6-7-13(10-12)20-17-18-9-8-16(21-17)22-11-19-14-4-2-3-5-15(14)22/h2-5,8-9,11-13H,6-7,10H2,1H3,(H,18,20,21). The van der Waals surface area contributed by atoms with Crippen LogP contribution >= 0.6 is 0 Å². The molecule has 2 atom stereocenters. The number of aromatic nitrogens is 4. The van der Waals surface area contributed by atoms with Gasteiger partial charge >= 0.3 is 0 Å². The molecule has 1 aliphatic carbocycles. The lowest BCUT2D eigenvalue weighted by Crippen LogP contribution is -2.17. The van der Waals surface area contributed by atoms with Crippen molar-refractivity contribution in [3.63, 3.8) is 0 Å². The molecule has 5 heteroatoms. The summed E-state index contributed by atoms with van der Waals surface area (Å²) in [6, 6.07) is 10.5. The largest absolute Gasteiger partial charge is 0.351 e. The third-order valence-corrected chi connectivity index (χ3v) is 4.37. The smallest absolute Gasteiger partial charge is 0.224 e. The van der Waals surface area contributed by atoms with Gasteiger partial charge < -0.3 is 5.32 Å². The van der Waals surface area contributed by atoms with Gasteiger partial charge in [-0.15, -0.1) is 0 Å². The van der Waals surface area contributed by atoms with Gasteiger partial charge in [-0.3, -0.25) is 4.57 Å². The van der Waals surface area contributed by atoms with Crippen LogP contribution in [0, 0.1) is 5.92 Å². The molecule has 1 N–H and O–H groups in total. The number of hydrogen-bond donors (Lipinski definition) is 1. The Morgan fingerprint density at radius 3 is 2.91 bits per heavy atom. The monoisotopic (exact) mass is 293 g/mol. The van der Waals surface area contributed by atoms with Crippen molar-refractivity contribution in [2.45, 2.75) is 32.2 Å². The van der Waals surface area contributed by atoms with Crippen molar-refractivity contribution in [1.29, 1.82) is 0 Å². The summed E-state index contributed by atoms with van der Waals surface area (Å²) in [6.07, 6.45) is 7.29. The maximum absolute atomic E-state index is 4.65. The van der Waals surface area contributed by atoms with Crippen molar-refractivity contribution >= 4 is 17.0 Å². The normalized spacial score (nSPS) is 21.3. The van der Waals surface area contributed by atoms with E-state index in [2.05, 4.69) is 33.3 Å².